The fraction of sp³-hybridized carbons (Fsp3) is 0.320. The van der Waals surface area contributed by atoms with Gasteiger partial charge in [-0.05, 0) is 56.2 Å². The maximum atomic E-state index is 13.5. The Morgan fingerprint density at radius 1 is 1.00 bits per heavy atom. The van der Waals surface area contributed by atoms with Gasteiger partial charge in [-0.2, -0.15) is 13.2 Å². The van der Waals surface area contributed by atoms with E-state index in [0.717, 1.165) is 24.1 Å². The van der Waals surface area contributed by atoms with E-state index in [1.807, 2.05) is 46.9 Å². The molecule has 1 aliphatic rings. The molecule has 0 radical (unpaired) electrons. The van der Waals surface area contributed by atoms with Gasteiger partial charge in [0, 0.05) is 25.1 Å². The monoisotopic (exact) mass is 599 g/mol. The van der Waals surface area contributed by atoms with Crippen LogP contribution in [0.3, 0.4) is 0 Å². The first-order valence-corrected chi connectivity index (χ1v) is 12.1. The van der Waals surface area contributed by atoms with Gasteiger partial charge in [-0.1, -0.05) is 55.1 Å². The Morgan fingerprint density at radius 3 is 2.31 bits per heavy atom. The van der Waals surface area contributed by atoms with Crippen LogP contribution in [-0.2, 0) is 27.2 Å². The van der Waals surface area contributed by atoms with Gasteiger partial charge in [0.2, 0.25) is 11.8 Å². The number of fused-ring (bicyclic) bond motifs is 1. The highest BCUT2D eigenvalue weighted by Gasteiger charge is 2.41. The van der Waals surface area contributed by atoms with Crippen LogP contribution in [0.1, 0.15) is 24.0 Å². The van der Waals surface area contributed by atoms with Crippen LogP contribution in [0.4, 0.5) is 18.9 Å². The molecule has 0 bridgehead atoms. The number of hydrogen-bond acceptors (Lipinski definition) is 3. The van der Waals surface area contributed by atoms with Crippen LogP contribution in [-0.4, -0.2) is 42.5 Å². The van der Waals surface area contributed by atoms with Crippen molar-refractivity contribution in [3.05, 3.63) is 75.9 Å². The number of alkyl halides is 3. The third-order valence-electron chi connectivity index (χ3n) is 5.58. The zero-order chi connectivity index (χ0) is 25.6. The van der Waals surface area contributed by atoms with Crippen LogP contribution in [0.15, 0.2) is 64.8 Å². The topological polar surface area (TPSA) is 78.5 Å². The van der Waals surface area contributed by atoms with Crippen molar-refractivity contribution in [3.63, 3.8) is 0 Å². The Balaban J connectivity index is 1.84. The number of carbonyl (C=O) groups excluding carboxylic acids is 3. The summed E-state index contributed by atoms with van der Waals surface area (Å²) in [5.74, 6) is -3.49. The molecule has 3 amide bonds. The van der Waals surface area contributed by atoms with E-state index in [2.05, 4.69) is 11.9 Å². The lowest BCUT2D eigenvalue weighted by Crippen LogP contribution is -2.57. The number of nitrogens with one attached hydrogen (secondary N) is 2. The molecule has 0 unspecified atom stereocenters. The number of rotatable bonds is 8. The fourth-order valence-electron chi connectivity index (χ4n) is 3.94. The number of para-hydroxylation sites is 1. The molecule has 6 nitrogen and oxygen atoms in total. The largest absolute Gasteiger partial charge is 0.471 e. The molecule has 35 heavy (non-hydrogen) atoms. The minimum Gasteiger partial charge on any atom is -0.342 e. The fourth-order valence-corrected chi connectivity index (χ4v) is 4.38. The van der Waals surface area contributed by atoms with Crippen molar-refractivity contribution in [1.29, 1.82) is 0 Å². The second-order valence-electron chi connectivity index (χ2n) is 8.22. The molecule has 3 rings (SSSR count). The zero-order valence-corrected chi connectivity index (χ0v) is 20.9. The van der Waals surface area contributed by atoms with E-state index in [-0.39, 0.29) is 18.7 Å². The molecule has 10 heteroatoms. The highest BCUT2D eigenvalue weighted by Crippen LogP contribution is 2.28. The van der Waals surface area contributed by atoms with Crippen LogP contribution in [0.25, 0.3) is 0 Å². The lowest BCUT2D eigenvalue weighted by molar-refractivity contribution is -0.174. The minimum absolute atomic E-state index is 0.0923. The number of hydrogen-bond donors (Lipinski definition) is 2. The van der Waals surface area contributed by atoms with Gasteiger partial charge in [0.1, 0.15) is 12.1 Å². The maximum absolute atomic E-state index is 13.5. The second kappa shape index (κ2) is 11.7. The third kappa shape index (κ3) is 7.30. The smallest absolute Gasteiger partial charge is 0.342 e. The summed E-state index contributed by atoms with van der Waals surface area (Å²) in [4.78, 5) is 39.9. The molecule has 2 aromatic rings. The van der Waals surface area contributed by atoms with Crippen molar-refractivity contribution >= 4 is 46.0 Å². The average Bonchev–Trinajstić information content (AvgIpc) is 2.82. The third-order valence-corrected chi connectivity index (χ3v) is 6.02. The van der Waals surface area contributed by atoms with E-state index >= 15 is 0 Å². The number of nitrogens with zero attached hydrogens (tertiary/aromatic N) is 1. The number of halogens is 4. The van der Waals surface area contributed by atoms with E-state index in [9.17, 15) is 27.6 Å². The number of amides is 3. The van der Waals surface area contributed by atoms with Crippen LogP contribution in [0.5, 0.6) is 0 Å². The molecule has 1 aliphatic heterocycles. The summed E-state index contributed by atoms with van der Waals surface area (Å²) in [7, 11) is 0. The first-order valence-electron chi connectivity index (χ1n) is 11.0. The molecule has 1 heterocycles. The molecular weight excluding hydrogens is 574 g/mol. The molecule has 0 fully saturated rings. The summed E-state index contributed by atoms with van der Waals surface area (Å²) >= 11 is 1.94. The molecule has 0 saturated carbocycles. The predicted octanol–water partition coefficient (Wildman–Crippen LogP) is 4.08. The van der Waals surface area contributed by atoms with E-state index in [0.29, 0.717) is 15.7 Å². The Morgan fingerprint density at radius 2 is 1.66 bits per heavy atom. The highest BCUT2D eigenvalue weighted by atomic mass is 127. The lowest BCUT2D eigenvalue weighted by Gasteiger charge is -2.33. The van der Waals surface area contributed by atoms with Gasteiger partial charge in [-0.3, -0.25) is 14.4 Å². The van der Waals surface area contributed by atoms with Crippen LogP contribution < -0.4 is 15.5 Å². The summed E-state index contributed by atoms with van der Waals surface area (Å²) in [5, 5.41) is 4.35. The minimum atomic E-state index is -5.15. The normalized spacial score (nSPS) is 14.9. The zero-order valence-electron chi connectivity index (χ0n) is 18.8. The van der Waals surface area contributed by atoms with Crippen molar-refractivity contribution < 1.29 is 27.6 Å². The molecule has 0 saturated heterocycles. The Kier molecular flexibility index (Phi) is 8.92. The summed E-state index contributed by atoms with van der Waals surface area (Å²) in [6, 6.07) is 13.2. The number of carbonyl (C=O) groups is 3. The average molecular weight is 599 g/mol. The van der Waals surface area contributed by atoms with Gasteiger partial charge in [-0.25, -0.2) is 0 Å². The van der Waals surface area contributed by atoms with E-state index in [1.165, 1.54) is 0 Å². The molecule has 2 aromatic carbocycles. The number of benzene rings is 2. The van der Waals surface area contributed by atoms with E-state index in [4.69, 9.17) is 0 Å². The van der Waals surface area contributed by atoms with Crippen LogP contribution in [0, 0.1) is 0 Å². The van der Waals surface area contributed by atoms with Gasteiger partial charge >= 0.3 is 12.1 Å². The quantitative estimate of drug-likeness (QED) is 0.450. The van der Waals surface area contributed by atoms with Crippen LogP contribution in [0.2, 0.25) is 0 Å². The van der Waals surface area contributed by atoms with Crippen molar-refractivity contribution in [1.82, 2.24) is 10.6 Å². The second-order valence-corrected chi connectivity index (χ2v) is 9.74. The summed E-state index contributed by atoms with van der Waals surface area (Å²) < 4.78 is 39.4. The molecular formula is C25H25F3IN3O3. The van der Waals surface area contributed by atoms with Crippen LogP contribution >= 0.6 is 22.6 Å². The van der Waals surface area contributed by atoms with Gasteiger partial charge in [0.25, 0.3) is 0 Å². The van der Waals surface area contributed by atoms with Crippen molar-refractivity contribution in [3.8, 4) is 0 Å². The summed E-state index contributed by atoms with van der Waals surface area (Å²) in [6.45, 7) is 4.27. The summed E-state index contributed by atoms with van der Waals surface area (Å²) in [5.41, 5.74) is 2.31. The number of aryl methyl sites for hydroxylation is 1. The maximum Gasteiger partial charge on any atom is 0.471 e. The molecule has 0 spiro atoms. The highest BCUT2D eigenvalue weighted by molar-refractivity contribution is 14.1. The van der Waals surface area contributed by atoms with Gasteiger partial charge < -0.3 is 15.5 Å². The molecule has 186 valence electrons. The Labute approximate surface area is 215 Å². The SMILES string of the molecule is C=C(I)C[C@H](NC(=O)[C@H](Cc1ccccc1)NC(=O)C(F)(F)F)C(=O)N1CCCc2ccccc21. The Hall–Kier alpha value is -2.89. The Bertz CT molecular complexity index is 1090. The van der Waals surface area contributed by atoms with Gasteiger partial charge in [0.15, 0.2) is 0 Å². The van der Waals surface area contributed by atoms with Crippen molar-refractivity contribution in [2.45, 2.75) is 43.9 Å². The van der Waals surface area contributed by atoms with Crippen molar-refractivity contribution in [2.75, 3.05) is 11.4 Å². The first kappa shape index (κ1) is 26.7. The van der Waals surface area contributed by atoms with Gasteiger partial charge in [0.05, 0.1) is 0 Å². The first-order chi connectivity index (χ1) is 16.6. The lowest BCUT2D eigenvalue weighted by atomic mass is 10.00. The van der Waals surface area contributed by atoms with Crippen molar-refractivity contribution in [2.24, 2.45) is 0 Å². The molecule has 0 aromatic heterocycles. The summed E-state index contributed by atoms with van der Waals surface area (Å²) in [6.07, 6.45) is -3.67. The van der Waals surface area contributed by atoms with E-state index in [1.54, 1.807) is 40.5 Å². The molecule has 2 N–H and O–H groups in total. The standard InChI is InChI=1S/C25H25F3IN3O3/c1-16(29)14-20(23(34)32-13-7-11-18-10-5-6-12-21(18)32)30-22(33)19(31-24(35)25(26,27)28)15-17-8-3-2-4-9-17/h2-6,8-10,12,19-20H,1,7,11,13-15H2,(H,30,33)(H,31,35)/t19-,20-/m0/s1. The predicted molar refractivity (Wildman–Crippen MR) is 135 cm³/mol. The van der Waals surface area contributed by atoms with Gasteiger partial charge in [-0.15, -0.1) is 0 Å². The molecule has 2 atom stereocenters. The molecule has 0 aliphatic carbocycles. The van der Waals surface area contributed by atoms with E-state index < -0.39 is 30.1 Å². The number of anilines is 1.